The van der Waals surface area contributed by atoms with Crippen LogP contribution in [0.15, 0.2) is 24.3 Å². The molecule has 1 aliphatic rings. The highest BCUT2D eigenvalue weighted by molar-refractivity contribution is 5.97. The highest BCUT2D eigenvalue weighted by Gasteiger charge is 2.16. The molecular weight excluding hydrogens is 256 g/mol. The summed E-state index contributed by atoms with van der Waals surface area (Å²) in [6.45, 7) is 3.13. The molecule has 2 rings (SSSR count). The van der Waals surface area contributed by atoms with Crippen LogP contribution in [0.2, 0.25) is 0 Å². The van der Waals surface area contributed by atoms with Crippen molar-refractivity contribution in [2.24, 2.45) is 0 Å². The summed E-state index contributed by atoms with van der Waals surface area (Å²) in [5.41, 5.74) is 1.49. The van der Waals surface area contributed by atoms with E-state index in [4.69, 9.17) is 4.74 Å². The van der Waals surface area contributed by atoms with E-state index in [2.05, 4.69) is 10.6 Å². The Bertz CT molecular complexity index is 482. The summed E-state index contributed by atoms with van der Waals surface area (Å²) in [4.78, 5) is 23.6. The quantitative estimate of drug-likeness (QED) is 0.843. The van der Waals surface area contributed by atoms with E-state index in [1.54, 1.807) is 12.1 Å². The van der Waals surface area contributed by atoms with E-state index in [0.717, 1.165) is 25.0 Å². The topological polar surface area (TPSA) is 67.4 Å². The van der Waals surface area contributed by atoms with Crippen LogP contribution in [0.5, 0.6) is 0 Å². The number of hydrogen-bond acceptors (Lipinski definition) is 3. The largest absolute Gasteiger partial charge is 0.376 e. The van der Waals surface area contributed by atoms with Gasteiger partial charge in [-0.25, -0.2) is 0 Å². The molecule has 0 spiro atoms. The molecule has 1 fully saturated rings. The number of carbonyl (C=O) groups excluding carboxylic acids is 2. The maximum absolute atomic E-state index is 11.9. The van der Waals surface area contributed by atoms with Crippen molar-refractivity contribution in [3.05, 3.63) is 35.4 Å². The summed E-state index contributed by atoms with van der Waals surface area (Å²) in [5, 5.41) is 5.39. The monoisotopic (exact) mass is 276 g/mol. The third-order valence-corrected chi connectivity index (χ3v) is 3.35. The van der Waals surface area contributed by atoms with Crippen molar-refractivity contribution >= 4 is 11.8 Å². The smallest absolute Gasteiger partial charge is 0.251 e. The van der Waals surface area contributed by atoms with Gasteiger partial charge in [-0.3, -0.25) is 9.59 Å². The Morgan fingerprint density at radius 1 is 1.30 bits per heavy atom. The van der Waals surface area contributed by atoms with Gasteiger partial charge in [-0.2, -0.15) is 0 Å². The summed E-state index contributed by atoms with van der Waals surface area (Å²) in [6.07, 6.45) is 2.14. The van der Waals surface area contributed by atoms with Gasteiger partial charge in [0.25, 0.3) is 5.91 Å². The van der Waals surface area contributed by atoms with Crippen molar-refractivity contribution < 1.29 is 14.3 Å². The Balaban J connectivity index is 1.72. The molecule has 1 aromatic rings. The molecule has 0 saturated carbocycles. The number of carbonyl (C=O) groups is 2. The molecule has 0 radical (unpaired) electrons. The summed E-state index contributed by atoms with van der Waals surface area (Å²) in [5.74, 6) is -0.419. The molecular formula is C15H20N2O3. The van der Waals surface area contributed by atoms with Crippen molar-refractivity contribution in [3.63, 3.8) is 0 Å². The van der Waals surface area contributed by atoms with E-state index >= 15 is 0 Å². The lowest BCUT2D eigenvalue weighted by molar-refractivity contribution is -0.120. The number of amides is 2. The van der Waals surface area contributed by atoms with Gasteiger partial charge < -0.3 is 15.4 Å². The standard InChI is InChI=1S/C15H20N2O3/c1-11-5-2-3-7-13(11)15(19)17-10-14(18)16-9-12-6-4-8-20-12/h2-3,5,7,12H,4,6,8-10H2,1H3,(H,16,18)(H,17,19)/t12-/m1/s1. The number of nitrogens with one attached hydrogen (secondary N) is 2. The van der Waals surface area contributed by atoms with Gasteiger partial charge in [-0.1, -0.05) is 18.2 Å². The highest BCUT2D eigenvalue weighted by atomic mass is 16.5. The van der Waals surface area contributed by atoms with E-state index in [9.17, 15) is 9.59 Å². The Hall–Kier alpha value is -1.88. The van der Waals surface area contributed by atoms with Gasteiger partial charge in [0.05, 0.1) is 12.6 Å². The van der Waals surface area contributed by atoms with Gasteiger partial charge in [0.2, 0.25) is 5.91 Å². The second kappa shape index (κ2) is 7.05. The molecule has 0 aromatic heterocycles. The molecule has 1 heterocycles. The fourth-order valence-electron chi connectivity index (χ4n) is 2.18. The summed E-state index contributed by atoms with van der Waals surface area (Å²) >= 11 is 0. The second-order valence-corrected chi connectivity index (χ2v) is 4.94. The van der Waals surface area contributed by atoms with Crippen LogP contribution in [-0.4, -0.2) is 37.6 Å². The molecule has 20 heavy (non-hydrogen) atoms. The first-order valence-corrected chi connectivity index (χ1v) is 6.89. The molecule has 5 nitrogen and oxygen atoms in total. The van der Waals surface area contributed by atoms with E-state index < -0.39 is 0 Å². The third kappa shape index (κ3) is 4.06. The van der Waals surface area contributed by atoms with Gasteiger partial charge in [-0.15, -0.1) is 0 Å². The van der Waals surface area contributed by atoms with Crippen LogP contribution >= 0.6 is 0 Å². The zero-order valence-electron chi connectivity index (χ0n) is 11.6. The van der Waals surface area contributed by atoms with E-state index in [1.165, 1.54) is 0 Å². The van der Waals surface area contributed by atoms with Crippen molar-refractivity contribution in [1.82, 2.24) is 10.6 Å². The van der Waals surface area contributed by atoms with Crippen LogP contribution in [0.4, 0.5) is 0 Å². The van der Waals surface area contributed by atoms with E-state index in [1.807, 2.05) is 19.1 Å². The maximum atomic E-state index is 11.9. The molecule has 5 heteroatoms. The average molecular weight is 276 g/mol. The van der Waals surface area contributed by atoms with Gasteiger partial charge in [0, 0.05) is 18.7 Å². The van der Waals surface area contributed by atoms with Crippen LogP contribution in [0.25, 0.3) is 0 Å². The molecule has 2 N–H and O–H groups in total. The zero-order valence-corrected chi connectivity index (χ0v) is 11.6. The number of hydrogen-bond donors (Lipinski definition) is 2. The molecule has 0 aliphatic carbocycles. The number of rotatable bonds is 5. The van der Waals surface area contributed by atoms with E-state index in [-0.39, 0.29) is 24.5 Å². The first-order valence-electron chi connectivity index (χ1n) is 6.89. The van der Waals surface area contributed by atoms with Gasteiger partial charge >= 0.3 is 0 Å². The normalized spacial score (nSPS) is 17.8. The van der Waals surface area contributed by atoms with Crippen LogP contribution in [0, 0.1) is 6.92 Å². The first-order chi connectivity index (χ1) is 9.66. The number of ether oxygens (including phenoxy) is 1. The second-order valence-electron chi connectivity index (χ2n) is 4.94. The minimum absolute atomic E-state index is 0.0140. The van der Waals surface area contributed by atoms with Crippen molar-refractivity contribution in [1.29, 1.82) is 0 Å². The summed E-state index contributed by atoms with van der Waals surface area (Å²) in [7, 11) is 0. The lowest BCUT2D eigenvalue weighted by Gasteiger charge is -2.11. The van der Waals surface area contributed by atoms with Crippen molar-refractivity contribution in [2.75, 3.05) is 19.7 Å². The molecule has 1 aliphatic heterocycles. The zero-order chi connectivity index (χ0) is 14.4. The number of aryl methyl sites for hydroxylation is 1. The fraction of sp³-hybridized carbons (Fsp3) is 0.467. The van der Waals surface area contributed by atoms with Crippen LogP contribution in [0.1, 0.15) is 28.8 Å². The van der Waals surface area contributed by atoms with Crippen LogP contribution in [-0.2, 0) is 9.53 Å². The van der Waals surface area contributed by atoms with Gasteiger partial charge in [0.15, 0.2) is 0 Å². The predicted octanol–water partition coefficient (Wildman–Crippen LogP) is 1.02. The minimum atomic E-state index is -0.227. The Morgan fingerprint density at radius 3 is 2.80 bits per heavy atom. The molecule has 1 saturated heterocycles. The van der Waals surface area contributed by atoms with Crippen molar-refractivity contribution in [3.8, 4) is 0 Å². The van der Waals surface area contributed by atoms with Crippen molar-refractivity contribution in [2.45, 2.75) is 25.9 Å². The lowest BCUT2D eigenvalue weighted by atomic mass is 10.1. The maximum Gasteiger partial charge on any atom is 0.251 e. The Kier molecular flexibility index (Phi) is 5.12. The first kappa shape index (κ1) is 14.5. The molecule has 108 valence electrons. The number of benzene rings is 1. The summed E-state index contributed by atoms with van der Waals surface area (Å²) in [6, 6.07) is 7.29. The molecule has 0 unspecified atom stereocenters. The minimum Gasteiger partial charge on any atom is -0.376 e. The summed E-state index contributed by atoms with van der Waals surface area (Å²) < 4.78 is 5.41. The van der Waals surface area contributed by atoms with Gasteiger partial charge in [0.1, 0.15) is 0 Å². The predicted molar refractivity (Wildman–Crippen MR) is 75.5 cm³/mol. The van der Waals surface area contributed by atoms with Gasteiger partial charge in [-0.05, 0) is 31.4 Å². The average Bonchev–Trinajstić information content (AvgIpc) is 2.96. The van der Waals surface area contributed by atoms with E-state index in [0.29, 0.717) is 12.1 Å². The Labute approximate surface area is 118 Å². The Morgan fingerprint density at radius 2 is 2.10 bits per heavy atom. The molecule has 1 atom stereocenters. The lowest BCUT2D eigenvalue weighted by Crippen LogP contribution is -2.40. The molecule has 0 bridgehead atoms. The molecule has 1 aromatic carbocycles. The molecule has 2 amide bonds. The SMILES string of the molecule is Cc1ccccc1C(=O)NCC(=O)NC[C@H]1CCCO1. The fourth-order valence-corrected chi connectivity index (χ4v) is 2.18. The third-order valence-electron chi connectivity index (χ3n) is 3.35. The highest BCUT2D eigenvalue weighted by Crippen LogP contribution is 2.10. The van der Waals surface area contributed by atoms with Crippen LogP contribution < -0.4 is 10.6 Å². The van der Waals surface area contributed by atoms with Crippen LogP contribution in [0.3, 0.4) is 0 Å².